The van der Waals surface area contributed by atoms with Gasteiger partial charge in [0, 0.05) is 56.9 Å². The molecule has 1 aromatic rings. The average molecular weight is 538 g/mol. The van der Waals surface area contributed by atoms with Crippen LogP contribution in [0.25, 0.3) is 0 Å². The minimum atomic E-state index is 0.0785. The third-order valence-corrected chi connectivity index (χ3v) is 7.28. The van der Waals surface area contributed by atoms with Crippen LogP contribution in [0, 0.1) is 23.7 Å². The van der Waals surface area contributed by atoms with Crippen molar-refractivity contribution in [3.63, 3.8) is 0 Å². The van der Waals surface area contributed by atoms with Gasteiger partial charge < -0.3 is 19.3 Å². The van der Waals surface area contributed by atoms with Crippen molar-refractivity contribution in [2.75, 3.05) is 52.0 Å². The van der Waals surface area contributed by atoms with Crippen LogP contribution >= 0.6 is 15.9 Å². The van der Waals surface area contributed by atoms with E-state index in [1.165, 1.54) is 0 Å². The number of carbonyl (C=O) groups is 1. The molecule has 1 aromatic heterocycles. The zero-order valence-electron chi connectivity index (χ0n) is 21.9. The third-order valence-electron chi connectivity index (χ3n) is 6.28. The fourth-order valence-electron chi connectivity index (χ4n) is 3.94. The predicted molar refractivity (Wildman–Crippen MR) is 139 cm³/mol. The Morgan fingerprint density at radius 3 is 2.32 bits per heavy atom. The topological polar surface area (TPSA) is 78.7 Å². The highest BCUT2D eigenvalue weighted by Gasteiger charge is 2.33. The Morgan fingerprint density at radius 1 is 1.21 bits per heavy atom. The van der Waals surface area contributed by atoms with Gasteiger partial charge in [-0.15, -0.1) is 0 Å². The monoisotopic (exact) mass is 536 g/mol. The second-order valence-electron chi connectivity index (χ2n) is 10.4. The van der Waals surface area contributed by atoms with Gasteiger partial charge in [-0.25, -0.2) is 4.98 Å². The highest BCUT2D eigenvalue weighted by Crippen LogP contribution is 2.45. The summed E-state index contributed by atoms with van der Waals surface area (Å²) in [6.45, 7) is 14.0. The van der Waals surface area contributed by atoms with Gasteiger partial charge in [0.25, 0.3) is 0 Å². The lowest BCUT2D eigenvalue weighted by molar-refractivity contribution is -0.134. The summed E-state index contributed by atoms with van der Waals surface area (Å²) in [5.41, 5.74) is 3.09. The average Bonchev–Trinajstić information content (AvgIpc) is 3.62. The first-order valence-electron chi connectivity index (χ1n) is 12.2. The van der Waals surface area contributed by atoms with Gasteiger partial charge >= 0.3 is 0 Å². The van der Waals surface area contributed by atoms with Gasteiger partial charge in [0.15, 0.2) is 0 Å². The first-order chi connectivity index (χ1) is 16.0. The zero-order chi connectivity index (χ0) is 25.5. The van der Waals surface area contributed by atoms with Crippen molar-refractivity contribution in [2.45, 2.75) is 72.3 Å². The Bertz CT molecular complexity index is 874. The Labute approximate surface area is 213 Å². The number of pyridine rings is 1. The van der Waals surface area contributed by atoms with Crippen LogP contribution in [0.1, 0.15) is 76.1 Å². The minimum Gasteiger partial charge on any atom is -0.385 e. The summed E-state index contributed by atoms with van der Waals surface area (Å²) >= 11 is 3.64. The molecule has 0 N–H and O–H groups in total. The molecule has 0 radical (unpaired) electrons. The smallest absolute Gasteiger partial charge is 0.225 e. The third kappa shape index (κ3) is 7.93. The van der Waals surface area contributed by atoms with E-state index in [9.17, 15) is 10.1 Å². The summed E-state index contributed by atoms with van der Waals surface area (Å²) < 4.78 is 10.9. The number of anilines is 1. The number of aromatic nitrogens is 1. The van der Waals surface area contributed by atoms with E-state index in [1.807, 2.05) is 11.8 Å². The summed E-state index contributed by atoms with van der Waals surface area (Å²) in [6.07, 6.45) is 3.87. The molecule has 190 valence electrons. The number of hydrogen-bond acceptors (Lipinski definition) is 6. The number of nitrogens with zero attached hydrogens (tertiary/aromatic N) is 4. The molecule has 2 aliphatic rings. The summed E-state index contributed by atoms with van der Waals surface area (Å²) in [7, 11) is 3.35. The van der Waals surface area contributed by atoms with Crippen LogP contribution in [0.5, 0.6) is 0 Å². The maximum Gasteiger partial charge on any atom is 0.225 e. The molecule has 2 heterocycles. The van der Waals surface area contributed by atoms with Crippen LogP contribution in [0.3, 0.4) is 0 Å². The van der Waals surface area contributed by atoms with Crippen LogP contribution < -0.4 is 4.90 Å². The summed E-state index contributed by atoms with van der Waals surface area (Å²) in [6, 6.07) is 2.41. The number of piperazine rings is 1. The Hall–Kier alpha value is -1.69. The second-order valence-corrected chi connectivity index (χ2v) is 11.2. The highest BCUT2D eigenvalue weighted by atomic mass is 79.9. The number of carbonyl (C=O) groups excluding carboxylic acids is 1. The maximum absolute atomic E-state index is 12.3. The molecule has 0 unspecified atom stereocenters. The number of amides is 1. The van der Waals surface area contributed by atoms with Gasteiger partial charge in [0.05, 0.1) is 24.3 Å². The van der Waals surface area contributed by atoms with E-state index in [0.29, 0.717) is 49.6 Å². The number of methoxy groups -OCH3 is 2. The first kappa shape index (κ1) is 28.5. The molecule has 0 spiro atoms. The van der Waals surface area contributed by atoms with Gasteiger partial charge in [0.1, 0.15) is 11.9 Å². The molecule has 1 saturated heterocycles. The Balaban J connectivity index is 0.000000440. The SMILES string of the molecule is COCCC(=O)N1CCN(c2nc(C3CC3)c(Br)c(C)c2C#N)C[C@H]1C.COCCC(C)(C)C. The van der Waals surface area contributed by atoms with Crippen LogP contribution in [-0.2, 0) is 14.3 Å². The number of ether oxygens (including phenoxy) is 2. The minimum absolute atomic E-state index is 0.0785. The van der Waals surface area contributed by atoms with Gasteiger partial charge in [-0.05, 0) is 60.0 Å². The van der Waals surface area contributed by atoms with Crippen molar-refractivity contribution in [1.82, 2.24) is 9.88 Å². The van der Waals surface area contributed by atoms with Crippen LogP contribution in [-0.4, -0.2) is 68.9 Å². The van der Waals surface area contributed by atoms with E-state index in [0.717, 1.165) is 47.4 Å². The molecule has 0 aromatic carbocycles. The summed E-state index contributed by atoms with van der Waals surface area (Å²) in [5.74, 6) is 1.40. The van der Waals surface area contributed by atoms with E-state index in [1.54, 1.807) is 14.2 Å². The number of halogens is 1. The van der Waals surface area contributed by atoms with Gasteiger partial charge in [0.2, 0.25) is 5.91 Å². The summed E-state index contributed by atoms with van der Waals surface area (Å²) in [4.78, 5) is 21.3. The van der Waals surface area contributed by atoms with Crippen molar-refractivity contribution >= 4 is 27.7 Å². The molecule has 1 aliphatic heterocycles. The summed E-state index contributed by atoms with van der Waals surface area (Å²) in [5, 5.41) is 9.69. The van der Waals surface area contributed by atoms with Gasteiger partial charge in [-0.3, -0.25) is 4.79 Å². The normalized spacial score (nSPS) is 18.3. The van der Waals surface area contributed by atoms with Gasteiger partial charge in [-0.1, -0.05) is 20.8 Å². The lowest BCUT2D eigenvalue weighted by Gasteiger charge is -2.41. The largest absolute Gasteiger partial charge is 0.385 e. The molecular weight excluding hydrogens is 496 g/mol. The molecule has 8 heteroatoms. The number of hydrogen-bond donors (Lipinski definition) is 0. The highest BCUT2D eigenvalue weighted by molar-refractivity contribution is 9.10. The van der Waals surface area contributed by atoms with Crippen molar-refractivity contribution in [2.24, 2.45) is 5.41 Å². The standard InChI is InChI=1S/C19H25BrN4O2.C7H16O/c1-12-11-23(7-8-24(12)16(25)6-9-26-3)19-15(10-21)13(2)17(20)18(22-19)14-4-5-14;1-7(2,3)5-6-8-4/h12,14H,4-9,11H2,1-3H3;5-6H2,1-4H3/t12-;/m1./s1. The number of nitriles is 1. The number of rotatable bonds is 7. The predicted octanol–water partition coefficient (Wildman–Crippen LogP) is 5.04. The zero-order valence-corrected chi connectivity index (χ0v) is 23.5. The lowest BCUT2D eigenvalue weighted by atomic mass is 9.93. The molecular formula is C26H41BrN4O3. The van der Waals surface area contributed by atoms with E-state index in [4.69, 9.17) is 14.5 Å². The van der Waals surface area contributed by atoms with Crippen molar-refractivity contribution < 1.29 is 14.3 Å². The van der Waals surface area contributed by atoms with Crippen molar-refractivity contribution in [1.29, 1.82) is 5.26 Å². The molecule has 1 atom stereocenters. The van der Waals surface area contributed by atoms with E-state index in [-0.39, 0.29) is 11.9 Å². The van der Waals surface area contributed by atoms with Crippen molar-refractivity contribution in [3.05, 3.63) is 21.3 Å². The van der Waals surface area contributed by atoms with Crippen molar-refractivity contribution in [3.8, 4) is 6.07 Å². The fourth-order valence-corrected chi connectivity index (χ4v) is 4.55. The molecule has 34 heavy (non-hydrogen) atoms. The van der Waals surface area contributed by atoms with E-state index in [2.05, 4.69) is 54.6 Å². The molecule has 2 fully saturated rings. The Morgan fingerprint density at radius 2 is 1.85 bits per heavy atom. The maximum atomic E-state index is 12.3. The van der Waals surface area contributed by atoms with Crippen LogP contribution in [0.2, 0.25) is 0 Å². The molecule has 1 saturated carbocycles. The first-order valence-corrected chi connectivity index (χ1v) is 13.0. The molecule has 7 nitrogen and oxygen atoms in total. The van der Waals surface area contributed by atoms with Crippen LogP contribution in [0.4, 0.5) is 5.82 Å². The Kier molecular flexibility index (Phi) is 10.8. The van der Waals surface area contributed by atoms with Crippen LogP contribution in [0.15, 0.2) is 4.47 Å². The second kappa shape index (κ2) is 12.9. The lowest BCUT2D eigenvalue weighted by Crippen LogP contribution is -2.54. The molecule has 3 rings (SSSR count). The van der Waals surface area contributed by atoms with E-state index >= 15 is 0 Å². The van der Waals surface area contributed by atoms with E-state index < -0.39 is 0 Å². The molecule has 1 aliphatic carbocycles. The molecule has 1 amide bonds. The quantitative estimate of drug-likeness (QED) is 0.485. The fraction of sp³-hybridized carbons (Fsp3) is 0.731. The van der Waals surface area contributed by atoms with Gasteiger partial charge in [-0.2, -0.15) is 5.26 Å². The molecule has 0 bridgehead atoms.